The molecule has 21 heavy (non-hydrogen) atoms. The standard InChI is InChI=1S/C17H26ClN3/c1-3-21(4-2)16(19)20-13-17(11-5-6-12-17)14-7-9-15(18)10-8-14/h7-10H,3-6,11-13H2,1-2H3,(H2,19,20). The molecule has 0 atom stereocenters. The molecule has 1 aromatic rings. The number of aliphatic imine (C=N–C) groups is 1. The molecule has 0 spiro atoms. The highest BCUT2D eigenvalue weighted by Gasteiger charge is 2.35. The Kier molecular flexibility index (Phi) is 5.51. The van der Waals surface area contributed by atoms with Crippen molar-refractivity contribution in [2.75, 3.05) is 19.6 Å². The molecule has 1 aliphatic rings. The summed E-state index contributed by atoms with van der Waals surface area (Å²) >= 11 is 6.02. The lowest BCUT2D eigenvalue weighted by molar-refractivity contribution is 0.432. The molecule has 0 radical (unpaired) electrons. The van der Waals surface area contributed by atoms with E-state index in [0.717, 1.165) is 24.7 Å². The van der Waals surface area contributed by atoms with Crippen molar-refractivity contribution >= 4 is 17.6 Å². The first kappa shape index (κ1) is 16.2. The van der Waals surface area contributed by atoms with Gasteiger partial charge in [0.05, 0.1) is 6.54 Å². The maximum absolute atomic E-state index is 6.13. The molecule has 1 aromatic carbocycles. The van der Waals surface area contributed by atoms with Gasteiger partial charge < -0.3 is 10.6 Å². The van der Waals surface area contributed by atoms with Crippen LogP contribution in [0.1, 0.15) is 45.1 Å². The summed E-state index contributed by atoms with van der Waals surface area (Å²) in [7, 11) is 0. The van der Waals surface area contributed by atoms with Gasteiger partial charge in [0.2, 0.25) is 0 Å². The second-order valence-electron chi connectivity index (χ2n) is 5.84. The zero-order chi connectivity index (χ0) is 15.3. The number of nitrogens with zero attached hydrogens (tertiary/aromatic N) is 2. The SMILES string of the molecule is CCN(CC)C(N)=NCC1(c2ccc(Cl)cc2)CCCC1. The third-order valence-electron chi connectivity index (χ3n) is 4.65. The molecule has 3 nitrogen and oxygen atoms in total. The lowest BCUT2D eigenvalue weighted by Gasteiger charge is -2.29. The number of guanidine groups is 1. The number of nitrogens with two attached hydrogens (primary N) is 1. The van der Waals surface area contributed by atoms with E-state index in [4.69, 9.17) is 22.3 Å². The number of hydrogen-bond donors (Lipinski definition) is 1. The minimum absolute atomic E-state index is 0.141. The van der Waals surface area contributed by atoms with Crippen LogP contribution in [0.3, 0.4) is 0 Å². The van der Waals surface area contributed by atoms with E-state index in [2.05, 4.69) is 30.9 Å². The lowest BCUT2D eigenvalue weighted by Crippen LogP contribution is -2.38. The van der Waals surface area contributed by atoms with Gasteiger partial charge in [-0.1, -0.05) is 36.6 Å². The van der Waals surface area contributed by atoms with Gasteiger partial charge in [-0.15, -0.1) is 0 Å². The molecule has 1 aliphatic carbocycles. The minimum atomic E-state index is 0.141. The Morgan fingerprint density at radius 3 is 2.29 bits per heavy atom. The quantitative estimate of drug-likeness (QED) is 0.664. The summed E-state index contributed by atoms with van der Waals surface area (Å²) in [6.45, 7) is 6.79. The average Bonchev–Trinajstić information content (AvgIpc) is 2.97. The Balaban J connectivity index is 2.19. The molecule has 0 aliphatic heterocycles. The van der Waals surface area contributed by atoms with Crippen LogP contribution in [-0.2, 0) is 5.41 Å². The fraction of sp³-hybridized carbons (Fsp3) is 0.588. The smallest absolute Gasteiger partial charge is 0.191 e. The second kappa shape index (κ2) is 7.17. The average molecular weight is 308 g/mol. The Hall–Kier alpha value is -1.22. The highest BCUT2D eigenvalue weighted by atomic mass is 35.5. The molecule has 116 valence electrons. The minimum Gasteiger partial charge on any atom is -0.370 e. The first-order chi connectivity index (χ1) is 10.1. The molecule has 0 heterocycles. The normalized spacial score (nSPS) is 18.0. The molecule has 2 N–H and O–H groups in total. The van der Waals surface area contributed by atoms with Gasteiger partial charge in [-0.25, -0.2) is 0 Å². The van der Waals surface area contributed by atoms with Crippen molar-refractivity contribution in [3.05, 3.63) is 34.9 Å². The lowest BCUT2D eigenvalue weighted by atomic mass is 9.79. The Morgan fingerprint density at radius 2 is 1.76 bits per heavy atom. The monoisotopic (exact) mass is 307 g/mol. The van der Waals surface area contributed by atoms with Gasteiger partial charge in [0.25, 0.3) is 0 Å². The summed E-state index contributed by atoms with van der Waals surface area (Å²) in [4.78, 5) is 6.81. The highest BCUT2D eigenvalue weighted by Crippen LogP contribution is 2.41. The fourth-order valence-electron chi connectivity index (χ4n) is 3.27. The van der Waals surface area contributed by atoms with Gasteiger partial charge in [-0.2, -0.15) is 0 Å². The zero-order valence-electron chi connectivity index (χ0n) is 13.1. The molecule has 0 amide bonds. The summed E-state index contributed by atoms with van der Waals surface area (Å²) in [5.41, 5.74) is 7.62. The predicted octanol–water partition coefficient (Wildman–Crippen LogP) is 3.81. The summed E-state index contributed by atoms with van der Waals surface area (Å²) in [5.74, 6) is 0.667. The van der Waals surface area contributed by atoms with E-state index >= 15 is 0 Å². The fourth-order valence-corrected chi connectivity index (χ4v) is 3.40. The summed E-state index contributed by atoms with van der Waals surface area (Å²) < 4.78 is 0. The van der Waals surface area contributed by atoms with Crippen molar-refractivity contribution in [3.8, 4) is 0 Å². The molecular formula is C17H26ClN3. The van der Waals surface area contributed by atoms with Crippen LogP contribution in [0.2, 0.25) is 5.02 Å². The van der Waals surface area contributed by atoms with Gasteiger partial charge in [0, 0.05) is 23.5 Å². The Bertz CT molecular complexity index is 471. The summed E-state index contributed by atoms with van der Waals surface area (Å²) in [6, 6.07) is 8.26. The number of hydrogen-bond acceptors (Lipinski definition) is 1. The van der Waals surface area contributed by atoms with E-state index in [1.54, 1.807) is 0 Å². The molecule has 0 unspecified atom stereocenters. The predicted molar refractivity (Wildman–Crippen MR) is 91.0 cm³/mol. The first-order valence-corrected chi connectivity index (χ1v) is 8.30. The number of benzene rings is 1. The largest absolute Gasteiger partial charge is 0.370 e. The van der Waals surface area contributed by atoms with Gasteiger partial charge in [0.15, 0.2) is 5.96 Å². The molecule has 1 fully saturated rings. The zero-order valence-corrected chi connectivity index (χ0v) is 13.9. The highest BCUT2D eigenvalue weighted by molar-refractivity contribution is 6.30. The van der Waals surface area contributed by atoms with Crippen molar-refractivity contribution in [3.63, 3.8) is 0 Å². The van der Waals surface area contributed by atoms with Crippen LogP contribution in [-0.4, -0.2) is 30.5 Å². The topological polar surface area (TPSA) is 41.6 Å². The Morgan fingerprint density at radius 1 is 1.19 bits per heavy atom. The second-order valence-corrected chi connectivity index (χ2v) is 6.28. The summed E-state index contributed by atoms with van der Waals surface area (Å²) in [5, 5.41) is 0.790. The maximum Gasteiger partial charge on any atom is 0.191 e. The van der Waals surface area contributed by atoms with E-state index in [0.29, 0.717) is 5.96 Å². The van der Waals surface area contributed by atoms with Crippen molar-refractivity contribution < 1.29 is 0 Å². The van der Waals surface area contributed by atoms with Crippen LogP contribution >= 0.6 is 11.6 Å². The van der Waals surface area contributed by atoms with Crippen LogP contribution in [0.5, 0.6) is 0 Å². The van der Waals surface area contributed by atoms with E-state index in [1.165, 1.54) is 31.2 Å². The molecule has 0 aromatic heterocycles. The molecule has 4 heteroatoms. The maximum atomic E-state index is 6.13. The van der Waals surface area contributed by atoms with Gasteiger partial charge in [-0.05, 0) is 44.4 Å². The summed E-state index contributed by atoms with van der Waals surface area (Å²) in [6.07, 6.45) is 4.90. The van der Waals surface area contributed by atoms with Crippen LogP contribution in [0.4, 0.5) is 0 Å². The third-order valence-corrected chi connectivity index (χ3v) is 4.90. The van der Waals surface area contributed by atoms with Crippen LogP contribution in [0.15, 0.2) is 29.3 Å². The molecular weight excluding hydrogens is 282 g/mol. The van der Waals surface area contributed by atoms with Gasteiger partial charge in [-0.3, -0.25) is 4.99 Å². The molecule has 2 rings (SSSR count). The van der Waals surface area contributed by atoms with Crippen molar-refractivity contribution in [1.29, 1.82) is 0 Å². The van der Waals surface area contributed by atoms with Crippen molar-refractivity contribution in [1.82, 2.24) is 4.90 Å². The van der Waals surface area contributed by atoms with Crippen molar-refractivity contribution in [2.24, 2.45) is 10.7 Å². The number of rotatable bonds is 5. The Labute approximate surface area is 133 Å². The molecule has 0 bridgehead atoms. The van der Waals surface area contributed by atoms with Gasteiger partial charge in [0.1, 0.15) is 0 Å². The van der Waals surface area contributed by atoms with E-state index in [-0.39, 0.29) is 5.41 Å². The van der Waals surface area contributed by atoms with Crippen LogP contribution in [0.25, 0.3) is 0 Å². The van der Waals surface area contributed by atoms with Crippen LogP contribution in [0, 0.1) is 0 Å². The van der Waals surface area contributed by atoms with E-state index in [9.17, 15) is 0 Å². The van der Waals surface area contributed by atoms with E-state index < -0.39 is 0 Å². The van der Waals surface area contributed by atoms with Crippen LogP contribution < -0.4 is 5.73 Å². The van der Waals surface area contributed by atoms with E-state index in [1.807, 2.05) is 12.1 Å². The number of halogens is 1. The van der Waals surface area contributed by atoms with Crippen molar-refractivity contribution in [2.45, 2.75) is 44.9 Å². The first-order valence-electron chi connectivity index (χ1n) is 7.92. The molecule has 1 saturated carbocycles. The molecule has 0 saturated heterocycles. The third kappa shape index (κ3) is 3.70. The van der Waals surface area contributed by atoms with Gasteiger partial charge >= 0.3 is 0 Å².